The minimum atomic E-state index is -1.05. The fourth-order valence-electron chi connectivity index (χ4n) is 4.05. The molecule has 2 aliphatic rings. The smallest absolute Gasteiger partial charge is 0.328 e. The van der Waals surface area contributed by atoms with Crippen LogP contribution >= 0.6 is 0 Å². The van der Waals surface area contributed by atoms with Gasteiger partial charge < -0.3 is 15.3 Å². The summed E-state index contributed by atoms with van der Waals surface area (Å²) in [6.45, 7) is 1.21. The van der Waals surface area contributed by atoms with Crippen LogP contribution in [-0.4, -0.2) is 74.4 Å². The molecule has 1 aromatic carbocycles. The maximum absolute atomic E-state index is 13.1. The Labute approximate surface area is 168 Å². The molecule has 0 bridgehead atoms. The summed E-state index contributed by atoms with van der Waals surface area (Å²) in [6, 6.07) is 3.98. The summed E-state index contributed by atoms with van der Waals surface area (Å²) >= 11 is 0. The number of rotatable bonds is 7. The van der Waals surface area contributed by atoms with Gasteiger partial charge in [0.2, 0.25) is 0 Å². The highest BCUT2D eigenvalue weighted by Gasteiger charge is 2.42. The molecule has 9 nitrogen and oxygen atoms in total. The zero-order valence-corrected chi connectivity index (χ0v) is 16.2. The van der Waals surface area contributed by atoms with Crippen molar-refractivity contribution in [2.45, 2.75) is 56.7 Å². The molecule has 9 heteroatoms. The van der Waals surface area contributed by atoms with Crippen LogP contribution in [0, 0.1) is 0 Å². The van der Waals surface area contributed by atoms with Gasteiger partial charge in [0, 0.05) is 13.1 Å². The Bertz CT molecular complexity index is 753. The van der Waals surface area contributed by atoms with Gasteiger partial charge >= 0.3 is 11.9 Å². The largest absolute Gasteiger partial charge is 0.508 e. The van der Waals surface area contributed by atoms with Gasteiger partial charge in [-0.2, -0.15) is 0 Å². The van der Waals surface area contributed by atoms with Gasteiger partial charge in [-0.1, -0.05) is 12.1 Å². The lowest BCUT2D eigenvalue weighted by atomic mass is 10.0. The molecule has 0 spiro atoms. The number of carbonyl (C=O) groups is 3. The van der Waals surface area contributed by atoms with E-state index in [2.05, 4.69) is 5.32 Å². The molecular weight excluding hydrogens is 378 g/mol. The Morgan fingerprint density at radius 2 is 1.76 bits per heavy atom. The third kappa shape index (κ3) is 5.04. The van der Waals surface area contributed by atoms with E-state index in [4.69, 9.17) is 0 Å². The molecule has 3 atom stereocenters. The van der Waals surface area contributed by atoms with Crippen LogP contribution in [0.15, 0.2) is 24.3 Å². The molecule has 158 valence electrons. The van der Waals surface area contributed by atoms with Crippen LogP contribution in [0.2, 0.25) is 0 Å². The first-order valence-electron chi connectivity index (χ1n) is 9.94. The number of aryl methyl sites for hydroxylation is 1. The quantitative estimate of drug-likeness (QED) is 0.525. The zero-order valence-electron chi connectivity index (χ0n) is 16.2. The molecular formula is C20H27N3O6. The molecule has 2 unspecified atom stereocenters. The Kier molecular flexibility index (Phi) is 6.71. The molecule has 2 fully saturated rings. The lowest BCUT2D eigenvalue weighted by molar-refractivity contribution is -0.174. The van der Waals surface area contributed by atoms with Crippen molar-refractivity contribution in [3.05, 3.63) is 29.8 Å². The Hall–Kier alpha value is -2.65. The summed E-state index contributed by atoms with van der Waals surface area (Å²) in [5.74, 6) is -2.31. The number of carboxylic acids is 2. The second-order valence-corrected chi connectivity index (χ2v) is 7.59. The topological polar surface area (TPSA) is 130 Å². The van der Waals surface area contributed by atoms with Gasteiger partial charge in [-0.3, -0.25) is 19.9 Å². The summed E-state index contributed by atoms with van der Waals surface area (Å²) in [4.78, 5) is 36.5. The van der Waals surface area contributed by atoms with E-state index in [1.54, 1.807) is 29.3 Å². The predicted octanol–water partition coefficient (Wildman–Crippen LogP) is 0.823. The van der Waals surface area contributed by atoms with Gasteiger partial charge in [-0.05, 0) is 56.2 Å². The molecule has 2 saturated heterocycles. The summed E-state index contributed by atoms with van der Waals surface area (Å²) in [7, 11) is 0. The highest BCUT2D eigenvalue weighted by atomic mass is 16.4. The molecule has 1 amide bonds. The number of aromatic hydroxyl groups is 1. The number of nitrogens with one attached hydrogen (secondary N) is 1. The number of carbonyl (C=O) groups excluding carboxylic acids is 1. The number of fused-ring (bicyclic) bond motifs is 1. The summed E-state index contributed by atoms with van der Waals surface area (Å²) in [5, 5.41) is 34.6. The van der Waals surface area contributed by atoms with Crippen molar-refractivity contribution in [3.8, 4) is 5.75 Å². The SMILES string of the molecule is O=C(O)C(CCc1ccc(O)cc1)N[C@H]1CCCN2CCCC(C(=O)O)N2C1=O. The van der Waals surface area contributed by atoms with Gasteiger partial charge in [0.15, 0.2) is 0 Å². The zero-order chi connectivity index (χ0) is 21.0. The molecule has 4 N–H and O–H groups in total. The number of hydrogen-bond donors (Lipinski definition) is 4. The highest BCUT2D eigenvalue weighted by molar-refractivity contribution is 5.87. The fraction of sp³-hybridized carbons (Fsp3) is 0.550. The molecule has 0 aromatic heterocycles. The van der Waals surface area contributed by atoms with Crippen LogP contribution in [0.3, 0.4) is 0 Å². The van der Waals surface area contributed by atoms with E-state index in [1.807, 2.05) is 0 Å². The molecule has 0 aliphatic carbocycles. The average molecular weight is 405 g/mol. The fourth-order valence-corrected chi connectivity index (χ4v) is 4.05. The predicted molar refractivity (Wildman–Crippen MR) is 103 cm³/mol. The second-order valence-electron chi connectivity index (χ2n) is 7.59. The van der Waals surface area contributed by atoms with Crippen molar-refractivity contribution < 1.29 is 29.7 Å². The lowest BCUT2D eigenvalue weighted by Crippen LogP contribution is -2.61. The Morgan fingerprint density at radius 1 is 1.10 bits per heavy atom. The number of hydrazine groups is 1. The maximum Gasteiger partial charge on any atom is 0.328 e. The van der Waals surface area contributed by atoms with Crippen LogP contribution in [0.25, 0.3) is 0 Å². The number of aliphatic carboxylic acids is 2. The summed E-state index contributed by atoms with van der Waals surface area (Å²) in [6.07, 6.45) is 2.99. The molecule has 1 aromatic rings. The van der Waals surface area contributed by atoms with Crippen molar-refractivity contribution in [3.63, 3.8) is 0 Å². The van der Waals surface area contributed by atoms with E-state index in [0.717, 1.165) is 5.56 Å². The second kappa shape index (κ2) is 9.23. The van der Waals surface area contributed by atoms with Crippen LogP contribution in [0.1, 0.15) is 37.7 Å². The van der Waals surface area contributed by atoms with Crippen molar-refractivity contribution in [2.24, 2.45) is 0 Å². The molecule has 2 aliphatic heterocycles. The van der Waals surface area contributed by atoms with Gasteiger partial charge in [-0.25, -0.2) is 9.80 Å². The van der Waals surface area contributed by atoms with Crippen LogP contribution in [0.4, 0.5) is 0 Å². The Morgan fingerprint density at radius 3 is 2.38 bits per heavy atom. The monoisotopic (exact) mass is 405 g/mol. The van der Waals surface area contributed by atoms with Crippen molar-refractivity contribution in [1.82, 2.24) is 15.3 Å². The van der Waals surface area contributed by atoms with Gasteiger partial charge in [0.25, 0.3) is 5.91 Å². The molecule has 3 rings (SSSR count). The van der Waals surface area contributed by atoms with E-state index in [9.17, 15) is 29.7 Å². The number of hydrogen-bond acceptors (Lipinski definition) is 6. The number of nitrogens with zero attached hydrogens (tertiary/aromatic N) is 2. The first kappa shape index (κ1) is 21.1. The minimum absolute atomic E-state index is 0.143. The van der Waals surface area contributed by atoms with E-state index in [1.165, 1.54) is 5.01 Å². The number of benzene rings is 1. The minimum Gasteiger partial charge on any atom is -0.508 e. The van der Waals surface area contributed by atoms with Crippen molar-refractivity contribution in [2.75, 3.05) is 13.1 Å². The number of carboxylic acid groups (broad SMARTS) is 2. The molecule has 2 heterocycles. The molecule has 0 saturated carbocycles. The van der Waals surface area contributed by atoms with Crippen LogP contribution in [0.5, 0.6) is 5.75 Å². The summed E-state index contributed by atoms with van der Waals surface area (Å²) in [5.41, 5.74) is 0.885. The van der Waals surface area contributed by atoms with Crippen molar-refractivity contribution >= 4 is 17.8 Å². The Balaban J connectivity index is 1.69. The highest BCUT2D eigenvalue weighted by Crippen LogP contribution is 2.24. The normalized spacial score (nSPS) is 23.9. The molecule has 0 radical (unpaired) electrons. The van der Waals surface area contributed by atoms with E-state index in [-0.39, 0.29) is 18.1 Å². The third-order valence-corrected chi connectivity index (χ3v) is 5.57. The van der Waals surface area contributed by atoms with Crippen molar-refractivity contribution in [1.29, 1.82) is 0 Å². The van der Waals surface area contributed by atoms with E-state index >= 15 is 0 Å². The van der Waals surface area contributed by atoms with Gasteiger partial charge in [0.05, 0.1) is 6.04 Å². The first-order chi connectivity index (χ1) is 13.9. The third-order valence-electron chi connectivity index (χ3n) is 5.57. The number of phenols is 1. The van der Waals surface area contributed by atoms with E-state index < -0.39 is 30.1 Å². The van der Waals surface area contributed by atoms with Crippen LogP contribution < -0.4 is 5.32 Å². The average Bonchev–Trinajstić information content (AvgIpc) is 2.85. The number of amides is 1. The maximum atomic E-state index is 13.1. The van der Waals surface area contributed by atoms with Gasteiger partial charge in [-0.15, -0.1) is 0 Å². The van der Waals surface area contributed by atoms with E-state index in [0.29, 0.717) is 45.2 Å². The van der Waals surface area contributed by atoms with Gasteiger partial charge in [0.1, 0.15) is 17.8 Å². The number of phenolic OH excluding ortho intramolecular Hbond substituents is 1. The molecule has 29 heavy (non-hydrogen) atoms. The summed E-state index contributed by atoms with van der Waals surface area (Å²) < 4.78 is 0. The van der Waals surface area contributed by atoms with Crippen LogP contribution in [-0.2, 0) is 20.8 Å². The lowest BCUT2D eigenvalue weighted by Gasteiger charge is -2.42. The first-order valence-corrected chi connectivity index (χ1v) is 9.94. The standard InChI is InChI=1S/C20H27N3O6/c24-14-8-5-13(6-9-14)7-10-16(19(26)27)21-15-3-1-11-22-12-2-4-17(20(28)29)23(22)18(15)25/h5-6,8-9,15-17,21,24H,1-4,7,10-12H2,(H,26,27)(H,28,29)/t15-,16?,17?/m0/s1.